The van der Waals surface area contributed by atoms with Gasteiger partial charge < -0.3 is 31.1 Å². The molecule has 0 spiro atoms. The lowest BCUT2D eigenvalue weighted by Crippen LogP contribution is -2.56. The number of carbonyl (C=O) groups is 5. The molecule has 2 aliphatic heterocycles. The second-order valence-electron chi connectivity index (χ2n) is 7.15. The van der Waals surface area contributed by atoms with Crippen molar-refractivity contribution in [2.75, 3.05) is 13.1 Å². The minimum atomic E-state index is -1.24. The Kier molecular flexibility index (Phi) is 6.95. The van der Waals surface area contributed by atoms with Gasteiger partial charge in [0.1, 0.15) is 18.1 Å². The molecule has 0 aliphatic carbocycles. The molecule has 3 amide bonds. The van der Waals surface area contributed by atoms with Gasteiger partial charge in [-0.1, -0.05) is 0 Å². The van der Waals surface area contributed by atoms with Crippen LogP contribution in [0.15, 0.2) is 0 Å². The fraction of sp³-hybridized carbons (Fsp3) is 0.706. The summed E-state index contributed by atoms with van der Waals surface area (Å²) in [5, 5.41) is 20.5. The molecule has 2 fully saturated rings. The highest BCUT2D eigenvalue weighted by molar-refractivity contribution is 5.95. The minimum Gasteiger partial charge on any atom is -0.481 e. The van der Waals surface area contributed by atoms with Crippen molar-refractivity contribution in [1.82, 2.24) is 15.1 Å². The Morgan fingerprint density at radius 2 is 1.54 bits per heavy atom. The molecule has 0 radical (unpaired) electrons. The van der Waals surface area contributed by atoms with Crippen LogP contribution in [0.1, 0.15) is 39.0 Å². The van der Waals surface area contributed by atoms with Gasteiger partial charge in [-0.3, -0.25) is 19.2 Å². The molecule has 0 saturated carbocycles. The number of aliphatic carboxylic acids is 2. The third-order valence-electron chi connectivity index (χ3n) is 5.10. The molecule has 0 aromatic rings. The Labute approximate surface area is 161 Å². The Morgan fingerprint density at radius 3 is 2.07 bits per heavy atom. The quantitative estimate of drug-likeness (QED) is 0.395. The number of hydrogen-bond acceptors (Lipinski definition) is 6. The molecule has 156 valence electrons. The predicted octanol–water partition coefficient (Wildman–Crippen LogP) is -1.64. The molecule has 5 N–H and O–H groups in total. The van der Waals surface area contributed by atoms with Crippen LogP contribution in [-0.4, -0.2) is 86.9 Å². The lowest BCUT2D eigenvalue weighted by molar-refractivity contribution is -0.149. The molecule has 0 aromatic carbocycles. The van der Waals surface area contributed by atoms with E-state index in [9.17, 15) is 29.1 Å². The third-order valence-corrected chi connectivity index (χ3v) is 5.10. The van der Waals surface area contributed by atoms with E-state index >= 15 is 0 Å². The fourth-order valence-electron chi connectivity index (χ4n) is 3.70. The molecule has 2 heterocycles. The van der Waals surface area contributed by atoms with Gasteiger partial charge in [-0.15, -0.1) is 0 Å². The maximum absolute atomic E-state index is 12.6. The van der Waals surface area contributed by atoms with E-state index in [4.69, 9.17) is 10.8 Å². The predicted molar refractivity (Wildman–Crippen MR) is 94.9 cm³/mol. The smallest absolute Gasteiger partial charge is 0.326 e. The van der Waals surface area contributed by atoms with Crippen LogP contribution in [0.25, 0.3) is 0 Å². The highest BCUT2D eigenvalue weighted by Crippen LogP contribution is 2.21. The van der Waals surface area contributed by atoms with Crippen LogP contribution in [0.3, 0.4) is 0 Å². The van der Waals surface area contributed by atoms with Crippen molar-refractivity contribution in [3.63, 3.8) is 0 Å². The summed E-state index contributed by atoms with van der Waals surface area (Å²) in [5.41, 5.74) is 5.62. The first-order valence-electron chi connectivity index (χ1n) is 9.25. The zero-order valence-electron chi connectivity index (χ0n) is 15.7. The number of carbonyl (C=O) groups excluding carboxylic acids is 3. The van der Waals surface area contributed by atoms with Crippen LogP contribution in [0.5, 0.6) is 0 Å². The number of rotatable bonds is 7. The van der Waals surface area contributed by atoms with Crippen molar-refractivity contribution in [3.05, 3.63) is 0 Å². The van der Waals surface area contributed by atoms with Crippen LogP contribution in [0.4, 0.5) is 0 Å². The largest absolute Gasteiger partial charge is 0.481 e. The SMILES string of the molecule is CC(NC(=O)C1CCCN1C(=O)C(N)CC(=O)O)C(=O)N1CCCC1C(=O)O. The van der Waals surface area contributed by atoms with Gasteiger partial charge in [0.15, 0.2) is 0 Å². The number of nitrogens with one attached hydrogen (secondary N) is 1. The molecule has 11 nitrogen and oxygen atoms in total. The van der Waals surface area contributed by atoms with Crippen LogP contribution < -0.4 is 11.1 Å². The molecular weight excluding hydrogens is 372 g/mol. The lowest BCUT2D eigenvalue weighted by atomic mass is 10.1. The summed E-state index contributed by atoms with van der Waals surface area (Å²) in [6.45, 7) is 2.06. The summed E-state index contributed by atoms with van der Waals surface area (Å²) < 4.78 is 0. The van der Waals surface area contributed by atoms with E-state index in [-0.39, 0.29) is 6.54 Å². The monoisotopic (exact) mass is 398 g/mol. The zero-order chi connectivity index (χ0) is 21.0. The van der Waals surface area contributed by atoms with Gasteiger partial charge in [-0.25, -0.2) is 4.79 Å². The van der Waals surface area contributed by atoms with E-state index in [1.54, 1.807) is 0 Å². The average Bonchev–Trinajstić information content (AvgIpc) is 3.28. The number of carboxylic acids is 2. The zero-order valence-corrected chi connectivity index (χ0v) is 15.7. The molecule has 4 atom stereocenters. The minimum absolute atomic E-state index is 0.278. The summed E-state index contributed by atoms with van der Waals surface area (Å²) in [7, 11) is 0. The second kappa shape index (κ2) is 9.00. The molecule has 4 unspecified atom stereocenters. The third kappa shape index (κ3) is 4.77. The molecule has 2 aliphatic rings. The molecular formula is C17H26N4O7. The summed E-state index contributed by atoms with van der Waals surface area (Å²) in [4.78, 5) is 62.0. The lowest BCUT2D eigenvalue weighted by Gasteiger charge is -2.29. The van der Waals surface area contributed by atoms with Crippen LogP contribution in [0, 0.1) is 0 Å². The van der Waals surface area contributed by atoms with Crippen molar-refractivity contribution in [2.45, 2.75) is 63.2 Å². The molecule has 0 bridgehead atoms. The maximum Gasteiger partial charge on any atom is 0.326 e. The summed E-state index contributed by atoms with van der Waals surface area (Å²) in [5.74, 6) is -3.94. The van der Waals surface area contributed by atoms with E-state index in [0.29, 0.717) is 32.2 Å². The number of likely N-dealkylation sites (tertiary alicyclic amines) is 2. The standard InChI is InChI=1S/C17H26N4O7/c1-9(15(25)21-7-3-5-12(21)17(27)28)19-14(24)11-4-2-6-20(11)16(26)10(18)8-13(22)23/h9-12H,2-8,18H2,1H3,(H,19,24)(H,22,23)(H,27,28). The number of carboxylic acid groups (broad SMARTS) is 2. The van der Waals surface area contributed by atoms with Crippen LogP contribution in [-0.2, 0) is 24.0 Å². The topological polar surface area (TPSA) is 170 Å². The fourth-order valence-corrected chi connectivity index (χ4v) is 3.70. The molecule has 0 aromatic heterocycles. The normalized spacial score (nSPS) is 23.9. The highest BCUT2D eigenvalue weighted by Gasteiger charge is 2.39. The van der Waals surface area contributed by atoms with Crippen molar-refractivity contribution in [3.8, 4) is 0 Å². The van der Waals surface area contributed by atoms with Gasteiger partial charge in [-0.2, -0.15) is 0 Å². The number of hydrogen-bond donors (Lipinski definition) is 4. The molecule has 2 rings (SSSR count). The number of nitrogens with zero attached hydrogens (tertiary/aromatic N) is 2. The highest BCUT2D eigenvalue weighted by atomic mass is 16.4. The van der Waals surface area contributed by atoms with Gasteiger partial charge >= 0.3 is 11.9 Å². The van der Waals surface area contributed by atoms with Crippen LogP contribution >= 0.6 is 0 Å². The van der Waals surface area contributed by atoms with E-state index < -0.39 is 60.2 Å². The first-order chi connectivity index (χ1) is 13.1. The Hall–Kier alpha value is -2.69. The summed E-state index contributed by atoms with van der Waals surface area (Å²) in [6, 6.07) is -3.93. The Balaban J connectivity index is 1.98. The van der Waals surface area contributed by atoms with Crippen molar-refractivity contribution >= 4 is 29.7 Å². The first-order valence-corrected chi connectivity index (χ1v) is 9.25. The number of amides is 3. The molecule has 11 heteroatoms. The second-order valence-corrected chi connectivity index (χ2v) is 7.15. The van der Waals surface area contributed by atoms with Crippen molar-refractivity contribution in [2.24, 2.45) is 5.73 Å². The van der Waals surface area contributed by atoms with E-state index in [2.05, 4.69) is 5.32 Å². The van der Waals surface area contributed by atoms with Crippen molar-refractivity contribution < 1.29 is 34.2 Å². The first kappa shape index (κ1) is 21.6. The Bertz CT molecular complexity index is 668. The van der Waals surface area contributed by atoms with Gasteiger partial charge in [0, 0.05) is 13.1 Å². The maximum atomic E-state index is 12.6. The Morgan fingerprint density at radius 1 is 1.00 bits per heavy atom. The van der Waals surface area contributed by atoms with Crippen molar-refractivity contribution in [1.29, 1.82) is 0 Å². The summed E-state index contributed by atoms with van der Waals surface area (Å²) >= 11 is 0. The van der Waals surface area contributed by atoms with Gasteiger partial charge in [0.05, 0.1) is 12.5 Å². The molecule has 28 heavy (non-hydrogen) atoms. The van der Waals surface area contributed by atoms with E-state index in [0.717, 1.165) is 0 Å². The van der Waals surface area contributed by atoms with E-state index in [1.807, 2.05) is 0 Å². The van der Waals surface area contributed by atoms with Gasteiger partial charge in [0.25, 0.3) is 0 Å². The van der Waals surface area contributed by atoms with Gasteiger partial charge in [0.2, 0.25) is 17.7 Å². The van der Waals surface area contributed by atoms with Gasteiger partial charge in [-0.05, 0) is 32.6 Å². The average molecular weight is 398 g/mol. The van der Waals surface area contributed by atoms with E-state index in [1.165, 1.54) is 16.7 Å². The van der Waals surface area contributed by atoms with Crippen LogP contribution in [0.2, 0.25) is 0 Å². The number of nitrogens with two attached hydrogens (primary N) is 1. The summed E-state index contributed by atoms with van der Waals surface area (Å²) in [6.07, 6.45) is 1.34. The molecule has 2 saturated heterocycles.